The van der Waals surface area contributed by atoms with Crippen molar-refractivity contribution >= 4 is 16.3 Å². The summed E-state index contributed by atoms with van der Waals surface area (Å²) in [4.78, 5) is 0. The van der Waals surface area contributed by atoms with E-state index >= 15 is 0 Å². The zero-order valence-corrected chi connectivity index (χ0v) is 3.49. The van der Waals surface area contributed by atoms with Crippen LogP contribution in [0.25, 0.3) is 0 Å². The molecule has 0 aromatic heterocycles. The molecule has 4 heavy (non-hydrogen) atoms. The van der Waals surface area contributed by atoms with Gasteiger partial charge in [-0.3, -0.25) is 0 Å². The summed E-state index contributed by atoms with van der Waals surface area (Å²) in [6.45, 7) is 0. The van der Waals surface area contributed by atoms with Crippen molar-refractivity contribution in [2.75, 3.05) is 0 Å². The molecule has 0 aromatic carbocycles. The first-order valence-corrected chi connectivity index (χ1v) is 1.73. The molecular weight excluding hydrogens is 77.0 g/mol. The average Bonchev–Trinajstić information content (AvgIpc) is 1.00. The zero-order valence-electron chi connectivity index (χ0n) is 2.33. The van der Waals surface area contributed by atoms with Crippen LogP contribution in [-0.4, -0.2) is 16.3 Å². The van der Waals surface area contributed by atoms with Gasteiger partial charge in [0.15, 0.2) is 0 Å². The normalized spacial score (nSPS) is 1.75. The molecule has 0 N–H and O–H groups in total. The summed E-state index contributed by atoms with van der Waals surface area (Å²) in [5, 5.41) is 0. The Hall–Kier alpha value is 0.392. The van der Waals surface area contributed by atoms with Gasteiger partial charge in [0.1, 0.15) is 0 Å². The van der Waals surface area contributed by atoms with E-state index in [2.05, 4.69) is 16.3 Å². The van der Waals surface area contributed by atoms with Gasteiger partial charge in [-0.2, -0.15) is 0 Å². The molecule has 0 aromatic rings. The molecule has 0 rings (SSSR count). The fraction of sp³-hybridized carbons (Fsp3) is 1.00. The molecule has 24 valence electrons. The Morgan fingerprint density at radius 2 is 1.00 bits per heavy atom. The topological polar surface area (TPSA) is 0 Å². The SMILES string of the molecule is [CH3][Al+2].[F-].[F-]. The molecule has 0 aliphatic heterocycles. The summed E-state index contributed by atoms with van der Waals surface area (Å²) in [5.74, 6) is 1.92. The number of halogens is 2. The molecule has 0 saturated carbocycles. The van der Waals surface area contributed by atoms with E-state index in [-0.39, 0.29) is 9.41 Å². The van der Waals surface area contributed by atoms with Gasteiger partial charge >= 0.3 is 22.1 Å². The van der Waals surface area contributed by atoms with Crippen LogP contribution in [0, 0.1) is 0 Å². The summed E-state index contributed by atoms with van der Waals surface area (Å²) in [7, 11) is 0. The van der Waals surface area contributed by atoms with Crippen LogP contribution in [0.4, 0.5) is 0 Å². The summed E-state index contributed by atoms with van der Waals surface area (Å²) in [6, 6.07) is 0. The fourth-order valence-electron chi connectivity index (χ4n) is 0. The molecule has 0 atom stereocenters. The van der Waals surface area contributed by atoms with E-state index in [9.17, 15) is 0 Å². The van der Waals surface area contributed by atoms with Crippen LogP contribution >= 0.6 is 0 Å². The maximum absolute atomic E-state index is 2.42. The molecule has 0 unspecified atom stereocenters. The standard InChI is InChI=1S/CH3.Al.2FH/h1H3;;2*1H/q;+2;;/p-2. The quantitative estimate of drug-likeness (QED) is 0.254. The van der Waals surface area contributed by atoms with Gasteiger partial charge in [0, 0.05) is 0 Å². The summed E-state index contributed by atoms with van der Waals surface area (Å²) in [6.07, 6.45) is 0. The Bertz CT molecular complexity index is 6.00. The fourth-order valence-corrected chi connectivity index (χ4v) is 0. The third-order valence-corrected chi connectivity index (χ3v) is 0. The second-order valence-corrected chi connectivity index (χ2v) is 0. The van der Waals surface area contributed by atoms with Crippen LogP contribution in [0.1, 0.15) is 0 Å². The smallest absolute Gasteiger partial charge is 1.00 e. The molecule has 0 nitrogen and oxygen atoms in total. The Morgan fingerprint density at radius 3 is 1.00 bits per heavy atom. The first-order chi connectivity index (χ1) is 1.00. The maximum atomic E-state index is 2.42. The van der Waals surface area contributed by atoms with Crippen LogP contribution in [0.3, 0.4) is 0 Å². The molecule has 0 radical (unpaired) electrons. The Morgan fingerprint density at radius 1 is 1.00 bits per heavy atom. The van der Waals surface area contributed by atoms with Gasteiger partial charge in [-0.05, 0) is 0 Å². The van der Waals surface area contributed by atoms with Crippen molar-refractivity contribution in [3.05, 3.63) is 0 Å². The Labute approximate surface area is 32.4 Å². The van der Waals surface area contributed by atoms with E-state index < -0.39 is 0 Å². The predicted molar refractivity (Wildman–Crippen MR) is 11.6 cm³/mol. The molecule has 0 aliphatic rings. The minimum Gasteiger partial charge on any atom is -1.00 e. The van der Waals surface area contributed by atoms with Gasteiger partial charge < -0.3 is 9.41 Å². The predicted octanol–water partition coefficient (Wildman–Crippen LogP) is -5.79. The largest absolute Gasteiger partial charge is 1.00 e. The average molecular weight is 80.0 g/mol. The Balaban J connectivity index is -0.00000000500. The van der Waals surface area contributed by atoms with Crippen LogP contribution in [0.15, 0.2) is 0 Å². The molecule has 3 heteroatoms. The van der Waals surface area contributed by atoms with Gasteiger partial charge in [0.2, 0.25) is 0 Å². The molecule has 0 amide bonds. The van der Waals surface area contributed by atoms with E-state index in [1.807, 2.05) is 5.79 Å². The van der Waals surface area contributed by atoms with Crippen LogP contribution in [0.5, 0.6) is 0 Å². The monoisotopic (exact) mass is 80.0 g/mol. The van der Waals surface area contributed by atoms with Crippen LogP contribution < -0.4 is 9.41 Å². The second-order valence-electron chi connectivity index (χ2n) is 0. The summed E-state index contributed by atoms with van der Waals surface area (Å²) < 4.78 is 0. The summed E-state index contributed by atoms with van der Waals surface area (Å²) in [5.41, 5.74) is 0. The molecule has 0 spiro atoms. The Kier molecular flexibility index (Phi) is 822. The molecule has 0 heterocycles. The van der Waals surface area contributed by atoms with Crippen LogP contribution in [-0.2, 0) is 0 Å². The molecule has 0 bridgehead atoms. The third-order valence-electron chi connectivity index (χ3n) is 0. The minimum atomic E-state index is 0. The van der Waals surface area contributed by atoms with Gasteiger partial charge in [0.25, 0.3) is 0 Å². The van der Waals surface area contributed by atoms with Gasteiger partial charge in [0.05, 0.1) is 0 Å². The van der Waals surface area contributed by atoms with Crippen molar-refractivity contribution in [3.8, 4) is 0 Å². The van der Waals surface area contributed by atoms with E-state index in [1.54, 1.807) is 0 Å². The van der Waals surface area contributed by atoms with Crippen molar-refractivity contribution in [1.29, 1.82) is 0 Å². The number of hydrogen-bond donors (Lipinski definition) is 0. The molecular formula is CH3AlF2. The van der Waals surface area contributed by atoms with Crippen LogP contribution in [0.2, 0.25) is 5.79 Å². The first-order valence-electron chi connectivity index (χ1n) is 0.577. The molecule has 0 aliphatic carbocycles. The van der Waals surface area contributed by atoms with Gasteiger partial charge in [-0.15, -0.1) is 0 Å². The van der Waals surface area contributed by atoms with Crippen molar-refractivity contribution < 1.29 is 9.41 Å². The van der Waals surface area contributed by atoms with Crippen molar-refractivity contribution in [3.63, 3.8) is 0 Å². The van der Waals surface area contributed by atoms with E-state index in [0.717, 1.165) is 0 Å². The van der Waals surface area contributed by atoms with Crippen molar-refractivity contribution in [2.45, 2.75) is 5.79 Å². The van der Waals surface area contributed by atoms with Crippen molar-refractivity contribution in [2.24, 2.45) is 0 Å². The first kappa shape index (κ1) is 26.1. The minimum absolute atomic E-state index is 0. The van der Waals surface area contributed by atoms with E-state index in [4.69, 9.17) is 0 Å². The van der Waals surface area contributed by atoms with E-state index in [1.165, 1.54) is 0 Å². The molecule has 0 fully saturated rings. The maximum Gasteiger partial charge on any atom is -1.00 e. The van der Waals surface area contributed by atoms with Crippen molar-refractivity contribution in [1.82, 2.24) is 0 Å². The number of hydrogen-bond acceptors (Lipinski definition) is 0. The van der Waals surface area contributed by atoms with Gasteiger partial charge in [-0.1, -0.05) is 0 Å². The van der Waals surface area contributed by atoms with Gasteiger partial charge in [-0.25, -0.2) is 0 Å². The third kappa shape index (κ3) is 30.1. The second kappa shape index (κ2) is 126. The zero-order chi connectivity index (χ0) is 2.00. The molecule has 0 saturated heterocycles. The summed E-state index contributed by atoms with van der Waals surface area (Å²) >= 11 is 2.42. The number of rotatable bonds is 0. The van der Waals surface area contributed by atoms with E-state index in [0.29, 0.717) is 0 Å².